The standard InChI is InChI=1S/C24H20ClN7O2/c1-2-31-15-26-22-21(31)23(33)29-24(32(22)14-16-5-7-17(25)8-6-16)28-18-9-11-19(12-10-18)34-20-4-3-13-27-30-20/h3-13,15H,2,14H2,1H3,(H,28,29,33). The molecule has 5 rings (SSSR count). The fourth-order valence-electron chi connectivity index (χ4n) is 3.55. The van der Waals surface area contributed by atoms with Crippen molar-refractivity contribution in [1.82, 2.24) is 29.3 Å². The van der Waals surface area contributed by atoms with Crippen molar-refractivity contribution in [3.8, 4) is 11.6 Å². The highest BCUT2D eigenvalue weighted by Crippen LogP contribution is 2.24. The summed E-state index contributed by atoms with van der Waals surface area (Å²) < 4.78 is 9.37. The Morgan fingerprint density at radius 3 is 2.56 bits per heavy atom. The number of anilines is 2. The molecule has 0 amide bonds. The number of halogens is 1. The van der Waals surface area contributed by atoms with Gasteiger partial charge in [-0.25, -0.2) is 4.98 Å². The van der Waals surface area contributed by atoms with E-state index in [2.05, 4.69) is 25.5 Å². The van der Waals surface area contributed by atoms with Gasteiger partial charge in [-0.3, -0.25) is 9.36 Å². The Balaban J connectivity index is 1.49. The van der Waals surface area contributed by atoms with Crippen molar-refractivity contribution in [3.63, 3.8) is 0 Å². The van der Waals surface area contributed by atoms with Gasteiger partial charge in [0.2, 0.25) is 11.8 Å². The molecule has 0 unspecified atom stereocenters. The van der Waals surface area contributed by atoms with E-state index < -0.39 is 0 Å². The first-order valence-electron chi connectivity index (χ1n) is 10.6. The largest absolute Gasteiger partial charge is 0.438 e. The number of hydrogen-bond acceptors (Lipinski definition) is 7. The second-order valence-electron chi connectivity index (χ2n) is 7.47. The molecule has 0 saturated carbocycles. The quantitative estimate of drug-likeness (QED) is 0.367. The van der Waals surface area contributed by atoms with Gasteiger partial charge in [0.1, 0.15) is 5.75 Å². The highest BCUT2D eigenvalue weighted by molar-refractivity contribution is 6.30. The molecule has 0 saturated heterocycles. The van der Waals surface area contributed by atoms with E-state index in [1.54, 1.807) is 41.4 Å². The Labute approximate surface area is 199 Å². The van der Waals surface area contributed by atoms with Crippen LogP contribution >= 0.6 is 11.6 Å². The molecule has 0 radical (unpaired) electrons. The van der Waals surface area contributed by atoms with Gasteiger partial charge in [0.15, 0.2) is 11.2 Å². The number of ether oxygens (including phenoxy) is 1. The lowest BCUT2D eigenvalue weighted by atomic mass is 10.2. The predicted octanol–water partition coefficient (Wildman–Crippen LogP) is 4.64. The van der Waals surface area contributed by atoms with Crippen LogP contribution in [0.25, 0.3) is 11.2 Å². The Kier molecular flexibility index (Phi) is 5.92. The van der Waals surface area contributed by atoms with Crippen LogP contribution in [-0.4, -0.2) is 29.3 Å². The molecule has 3 aromatic heterocycles. The zero-order valence-corrected chi connectivity index (χ0v) is 19.0. The van der Waals surface area contributed by atoms with E-state index in [-0.39, 0.29) is 5.56 Å². The summed E-state index contributed by atoms with van der Waals surface area (Å²) in [5.74, 6) is 1.39. The minimum atomic E-state index is -0.341. The molecule has 5 aromatic rings. The zero-order chi connectivity index (χ0) is 23.5. The molecule has 0 spiro atoms. The average molecular weight is 474 g/mol. The van der Waals surface area contributed by atoms with Crippen LogP contribution in [0.15, 0.2) is 78.0 Å². The van der Waals surface area contributed by atoms with Crippen molar-refractivity contribution < 1.29 is 4.74 Å². The third kappa shape index (κ3) is 4.46. The molecule has 0 aliphatic rings. The van der Waals surface area contributed by atoms with Gasteiger partial charge in [0.05, 0.1) is 12.9 Å². The van der Waals surface area contributed by atoms with Crippen molar-refractivity contribution in [1.29, 1.82) is 0 Å². The molecule has 1 N–H and O–H groups in total. The highest BCUT2D eigenvalue weighted by atomic mass is 35.5. The summed E-state index contributed by atoms with van der Waals surface area (Å²) in [6.45, 7) is 3.03. The summed E-state index contributed by atoms with van der Waals surface area (Å²) in [6, 6.07) is 18.3. The molecule has 10 heteroatoms. The average Bonchev–Trinajstić information content (AvgIpc) is 3.30. The number of aromatic nitrogens is 6. The normalized spacial score (nSPS) is 11.0. The van der Waals surface area contributed by atoms with Gasteiger partial charge in [-0.1, -0.05) is 23.7 Å². The summed E-state index contributed by atoms with van der Waals surface area (Å²) in [5, 5.41) is 11.6. The maximum atomic E-state index is 12.9. The number of nitrogens with zero attached hydrogens (tertiary/aromatic N) is 6. The minimum absolute atomic E-state index is 0.341. The molecular formula is C24H20ClN7O2. The second kappa shape index (κ2) is 9.32. The molecule has 3 heterocycles. The van der Waals surface area contributed by atoms with Gasteiger partial charge < -0.3 is 14.6 Å². The number of aryl methyl sites for hydroxylation is 1. The molecule has 0 atom stereocenters. The molecule has 0 bridgehead atoms. The first-order valence-corrected chi connectivity index (χ1v) is 11.0. The van der Waals surface area contributed by atoms with E-state index in [0.29, 0.717) is 46.9 Å². The lowest BCUT2D eigenvalue weighted by Crippen LogP contribution is -2.20. The molecule has 9 nitrogen and oxygen atoms in total. The fourth-order valence-corrected chi connectivity index (χ4v) is 3.68. The van der Waals surface area contributed by atoms with Crippen LogP contribution in [0, 0.1) is 0 Å². The van der Waals surface area contributed by atoms with Crippen LogP contribution in [0.3, 0.4) is 0 Å². The van der Waals surface area contributed by atoms with Gasteiger partial charge in [-0.05, 0) is 55.0 Å². The van der Waals surface area contributed by atoms with E-state index in [9.17, 15) is 4.79 Å². The van der Waals surface area contributed by atoms with Crippen LogP contribution in [0.2, 0.25) is 5.02 Å². The smallest absolute Gasteiger partial charge is 0.300 e. The second-order valence-corrected chi connectivity index (χ2v) is 7.91. The van der Waals surface area contributed by atoms with Crippen LogP contribution in [0.4, 0.5) is 11.6 Å². The van der Waals surface area contributed by atoms with Gasteiger partial charge in [0.25, 0.3) is 0 Å². The first kappa shape index (κ1) is 21.6. The number of rotatable bonds is 7. The number of hydrogen-bond donors (Lipinski definition) is 1. The Hall–Kier alpha value is -4.24. The fraction of sp³-hybridized carbons (Fsp3) is 0.125. The predicted molar refractivity (Wildman–Crippen MR) is 130 cm³/mol. The molecule has 0 fully saturated rings. The molecule has 2 aromatic carbocycles. The molecular weight excluding hydrogens is 454 g/mol. The third-order valence-corrected chi connectivity index (χ3v) is 5.47. The summed E-state index contributed by atoms with van der Waals surface area (Å²) in [4.78, 5) is 21.7. The number of benzene rings is 2. The van der Waals surface area contributed by atoms with Gasteiger partial charge in [-0.2, -0.15) is 10.1 Å². The summed E-state index contributed by atoms with van der Waals surface area (Å²) in [6.07, 6.45) is 3.24. The van der Waals surface area contributed by atoms with Crippen molar-refractivity contribution in [2.75, 3.05) is 5.32 Å². The summed E-state index contributed by atoms with van der Waals surface area (Å²) in [7, 11) is 0. The van der Waals surface area contributed by atoms with E-state index in [1.165, 1.54) is 0 Å². The van der Waals surface area contributed by atoms with Crippen molar-refractivity contribution >= 4 is 34.4 Å². The third-order valence-electron chi connectivity index (χ3n) is 5.22. The zero-order valence-electron chi connectivity index (χ0n) is 18.2. The first-order chi connectivity index (χ1) is 16.6. The topological polar surface area (TPSA) is 99.8 Å². The van der Waals surface area contributed by atoms with Crippen LogP contribution < -0.4 is 15.6 Å². The molecule has 0 aliphatic carbocycles. The molecule has 170 valence electrons. The maximum absolute atomic E-state index is 12.9. The van der Waals surface area contributed by atoms with Crippen molar-refractivity contribution in [2.24, 2.45) is 0 Å². The van der Waals surface area contributed by atoms with Crippen LogP contribution in [0.5, 0.6) is 11.6 Å². The highest BCUT2D eigenvalue weighted by Gasteiger charge is 2.16. The van der Waals surface area contributed by atoms with E-state index in [0.717, 1.165) is 11.3 Å². The number of fused-ring (bicyclic) bond motifs is 1. The van der Waals surface area contributed by atoms with E-state index >= 15 is 0 Å². The van der Waals surface area contributed by atoms with Gasteiger partial charge in [-0.15, -0.1) is 5.10 Å². The van der Waals surface area contributed by atoms with Crippen LogP contribution in [0.1, 0.15) is 12.5 Å². The van der Waals surface area contributed by atoms with Crippen molar-refractivity contribution in [3.05, 3.63) is 94.1 Å². The lowest BCUT2D eigenvalue weighted by Gasteiger charge is -2.15. The number of nitrogens with one attached hydrogen (secondary N) is 1. The molecule has 0 aliphatic heterocycles. The Morgan fingerprint density at radius 2 is 1.85 bits per heavy atom. The summed E-state index contributed by atoms with van der Waals surface area (Å²) in [5.41, 5.74) is 2.42. The van der Waals surface area contributed by atoms with E-state index in [1.807, 2.05) is 47.9 Å². The van der Waals surface area contributed by atoms with Gasteiger partial charge in [0, 0.05) is 29.5 Å². The minimum Gasteiger partial charge on any atom is -0.438 e. The van der Waals surface area contributed by atoms with Crippen molar-refractivity contribution in [2.45, 2.75) is 20.0 Å². The lowest BCUT2D eigenvalue weighted by molar-refractivity contribution is 0.455. The SMILES string of the molecule is CCn1cnc2c1c(=O)nc(Nc1ccc(Oc3cccnn3)cc1)n2Cc1ccc(Cl)cc1. The number of imidazole rings is 1. The summed E-state index contributed by atoms with van der Waals surface area (Å²) >= 11 is 6.05. The van der Waals surface area contributed by atoms with Gasteiger partial charge >= 0.3 is 5.56 Å². The van der Waals surface area contributed by atoms with Crippen LogP contribution in [-0.2, 0) is 13.1 Å². The maximum Gasteiger partial charge on any atom is 0.300 e. The Bertz CT molecular complexity index is 1480. The van der Waals surface area contributed by atoms with E-state index in [4.69, 9.17) is 16.3 Å². The Morgan fingerprint density at radius 1 is 1.06 bits per heavy atom. The monoisotopic (exact) mass is 473 g/mol. The molecule has 34 heavy (non-hydrogen) atoms.